The molecule has 0 fully saturated rings. The number of aryl methyl sites for hydroxylation is 1. The smallest absolute Gasteiger partial charge is 0.254 e. The quantitative estimate of drug-likeness (QED) is 0.436. The molecule has 0 saturated heterocycles. The number of sulfone groups is 1. The minimum Gasteiger partial charge on any atom is -0.497 e. The van der Waals surface area contributed by atoms with E-state index in [1.165, 1.54) is 0 Å². The van der Waals surface area contributed by atoms with Crippen molar-refractivity contribution in [1.29, 1.82) is 0 Å². The van der Waals surface area contributed by atoms with Gasteiger partial charge in [-0.05, 0) is 58.4 Å². The van der Waals surface area contributed by atoms with Crippen molar-refractivity contribution in [1.82, 2.24) is 14.5 Å². The zero-order chi connectivity index (χ0) is 25.0. The van der Waals surface area contributed by atoms with Crippen molar-refractivity contribution in [3.05, 3.63) is 77.1 Å². The Morgan fingerprint density at radius 1 is 1.09 bits per heavy atom. The Morgan fingerprint density at radius 3 is 2.35 bits per heavy atom. The van der Waals surface area contributed by atoms with E-state index >= 15 is 0 Å². The molecule has 2 aromatic carbocycles. The lowest BCUT2D eigenvalue weighted by atomic mass is 10.1. The maximum Gasteiger partial charge on any atom is 0.254 e. The van der Waals surface area contributed by atoms with Crippen molar-refractivity contribution in [2.45, 2.75) is 64.2 Å². The van der Waals surface area contributed by atoms with E-state index in [2.05, 4.69) is 4.98 Å². The van der Waals surface area contributed by atoms with E-state index in [1.807, 2.05) is 58.9 Å². The minimum atomic E-state index is -3.69. The lowest BCUT2D eigenvalue weighted by Crippen LogP contribution is -2.37. The number of benzene rings is 2. The van der Waals surface area contributed by atoms with Gasteiger partial charge >= 0.3 is 0 Å². The molecule has 1 amide bonds. The molecule has 0 unspecified atom stereocenters. The van der Waals surface area contributed by atoms with Crippen LogP contribution in [0.15, 0.2) is 59.9 Å². The van der Waals surface area contributed by atoms with Crippen molar-refractivity contribution < 1.29 is 17.9 Å². The second kappa shape index (κ2) is 10.4. The van der Waals surface area contributed by atoms with Crippen LogP contribution in [0.1, 0.15) is 60.9 Å². The maximum absolute atomic E-state index is 13.3. The molecule has 3 aromatic rings. The number of hydrogen-bond acceptors (Lipinski definition) is 5. The summed E-state index contributed by atoms with van der Waals surface area (Å²) in [5.41, 5.74) is 2.96. The number of ether oxygens (including phenoxy) is 1. The molecular weight excluding hydrogens is 450 g/mol. The lowest BCUT2D eigenvalue weighted by Gasteiger charge is -2.28. The van der Waals surface area contributed by atoms with E-state index in [9.17, 15) is 13.2 Å². The number of amides is 1. The standard InChI is InChI=1S/C26H33N3O4S/c1-18(2)28(25(30)22-8-7-9-24(14-22)33-6)16-23-15-27-26(29(23)19(3)4)34(31,32)17-21-12-10-20(5)11-13-21/h7-15,18-19H,16-17H2,1-6H3. The summed E-state index contributed by atoms with van der Waals surface area (Å²) in [4.78, 5) is 19.4. The number of methoxy groups -OCH3 is 1. The van der Waals surface area contributed by atoms with E-state index in [0.717, 1.165) is 5.56 Å². The molecule has 34 heavy (non-hydrogen) atoms. The number of rotatable bonds is 9. The molecule has 0 bridgehead atoms. The zero-order valence-electron chi connectivity index (χ0n) is 20.6. The molecule has 0 aliphatic rings. The molecule has 0 aliphatic heterocycles. The summed E-state index contributed by atoms with van der Waals surface area (Å²) in [5, 5.41) is 0.0237. The van der Waals surface area contributed by atoms with Crippen molar-refractivity contribution >= 4 is 15.7 Å². The molecular formula is C26H33N3O4S. The number of nitrogens with zero attached hydrogens (tertiary/aromatic N) is 3. The molecule has 0 saturated carbocycles. The van der Waals surface area contributed by atoms with Crippen molar-refractivity contribution in [3.8, 4) is 5.75 Å². The van der Waals surface area contributed by atoms with Crippen LogP contribution in [0.5, 0.6) is 5.75 Å². The maximum atomic E-state index is 13.3. The Bertz CT molecular complexity index is 1250. The van der Waals surface area contributed by atoms with Gasteiger partial charge in [-0.25, -0.2) is 13.4 Å². The molecule has 8 heteroatoms. The fourth-order valence-corrected chi connectivity index (χ4v) is 5.43. The van der Waals surface area contributed by atoms with Crippen LogP contribution in [0.2, 0.25) is 0 Å². The first-order chi connectivity index (χ1) is 16.0. The first-order valence-corrected chi connectivity index (χ1v) is 13.0. The van der Waals surface area contributed by atoms with Crippen molar-refractivity contribution in [3.63, 3.8) is 0 Å². The molecule has 1 heterocycles. The van der Waals surface area contributed by atoms with Gasteiger partial charge in [0.2, 0.25) is 15.0 Å². The lowest BCUT2D eigenvalue weighted by molar-refractivity contribution is 0.0684. The summed E-state index contributed by atoms with van der Waals surface area (Å²) in [6, 6.07) is 14.2. The third kappa shape index (κ3) is 5.67. The average molecular weight is 484 g/mol. The van der Waals surface area contributed by atoms with E-state index in [1.54, 1.807) is 47.0 Å². The van der Waals surface area contributed by atoms with Gasteiger partial charge in [0.25, 0.3) is 5.91 Å². The SMILES string of the molecule is COc1cccc(C(=O)N(Cc2cnc(S(=O)(=O)Cc3ccc(C)cc3)n2C(C)C)C(C)C)c1. The van der Waals surface area contributed by atoms with Crippen LogP contribution < -0.4 is 4.74 Å². The molecule has 1 aromatic heterocycles. The van der Waals surface area contributed by atoms with Crippen LogP contribution >= 0.6 is 0 Å². The van der Waals surface area contributed by atoms with Crippen molar-refractivity contribution in [2.24, 2.45) is 0 Å². The van der Waals surface area contributed by atoms with Gasteiger partial charge in [-0.2, -0.15) is 0 Å². The van der Waals surface area contributed by atoms with Gasteiger partial charge in [0, 0.05) is 17.6 Å². The van der Waals surface area contributed by atoms with Crippen LogP contribution in [0, 0.1) is 6.92 Å². The highest BCUT2D eigenvalue weighted by molar-refractivity contribution is 7.90. The predicted molar refractivity (Wildman–Crippen MR) is 133 cm³/mol. The highest BCUT2D eigenvalue weighted by Gasteiger charge is 2.28. The predicted octanol–water partition coefficient (Wildman–Crippen LogP) is 4.81. The monoisotopic (exact) mass is 483 g/mol. The summed E-state index contributed by atoms with van der Waals surface area (Å²) in [6.07, 6.45) is 1.57. The first-order valence-electron chi connectivity index (χ1n) is 11.3. The van der Waals surface area contributed by atoms with E-state index in [4.69, 9.17) is 4.74 Å². The third-order valence-electron chi connectivity index (χ3n) is 5.64. The fraction of sp³-hybridized carbons (Fsp3) is 0.385. The summed E-state index contributed by atoms with van der Waals surface area (Å²) in [7, 11) is -2.13. The van der Waals surface area contributed by atoms with Gasteiger partial charge in [-0.3, -0.25) is 4.79 Å². The van der Waals surface area contributed by atoms with E-state index in [-0.39, 0.29) is 35.4 Å². The highest BCUT2D eigenvalue weighted by Crippen LogP contribution is 2.24. The number of carbonyl (C=O) groups is 1. The number of aromatic nitrogens is 2. The zero-order valence-corrected chi connectivity index (χ0v) is 21.5. The number of carbonyl (C=O) groups excluding carboxylic acids is 1. The molecule has 0 radical (unpaired) electrons. The molecule has 3 rings (SSSR count). The Morgan fingerprint density at radius 2 is 1.76 bits per heavy atom. The van der Waals surface area contributed by atoms with Gasteiger partial charge in [-0.15, -0.1) is 0 Å². The van der Waals surface area contributed by atoms with Gasteiger partial charge in [0.05, 0.1) is 31.3 Å². The van der Waals surface area contributed by atoms with Crippen molar-refractivity contribution in [2.75, 3.05) is 7.11 Å². The van der Waals surface area contributed by atoms with Crippen LogP contribution in [0.4, 0.5) is 0 Å². The molecule has 7 nitrogen and oxygen atoms in total. The van der Waals surface area contributed by atoms with Gasteiger partial charge in [0.15, 0.2) is 0 Å². The van der Waals surface area contributed by atoms with Crippen LogP contribution in [-0.2, 0) is 22.1 Å². The molecule has 0 atom stereocenters. The second-order valence-corrected chi connectivity index (χ2v) is 10.9. The van der Waals surface area contributed by atoms with E-state index in [0.29, 0.717) is 22.6 Å². The first kappa shape index (κ1) is 25.5. The Kier molecular flexibility index (Phi) is 7.82. The molecule has 0 N–H and O–H groups in total. The van der Waals surface area contributed by atoms with E-state index < -0.39 is 9.84 Å². The summed E-state index contributed by atoms with van der Waals surface area (Å²) >= 11 is 0. The van der Waals surface area contributed by atoms with Crippen LogP contribution in [0.25, 0.3) is 0 Å². The molecule has 0 spiro atoms. The van der Waals surface area contributed by atoms with Gasteiger partial charge < -0.3 is 14.2 Å². The normalized spacial score (nSPS) is 11.8. The molecule has 182 valence electrons. The Labute approximate surface area is 202 Å². The summed E-state index contributed by atoms with van der Waals surface area (Å²) < 4.78 is 33.6. The third-order valence-corrected chi connectivity index (χ3v) is 7.22. The number of imidazole rings is 1. The Balaban J connectivity index is 1.94. The summed E-state index contributed by atoms with van der Waals surface area (Å²) in [5.74, 6) is 0.313. The Hall–Kier alpha value is -3.13. The minimum absolute atomic E-state index is 0.0237. The van der Waals surface area contributed by atoms with Gasteiger partial charge in [-0.1, -0.05) is 35.9 Å². The fourth-order valence-electron chi connectivity index (χ4n) is 3.83. The van der Waals surface area contributed by atoms with Gasteiger partial charge in [0.1, 0.15) is 5.75 Å². The molecule has 0 aliphatic carbocycles. The summed E-state index contributed by atoms with van der Waals surface area (Å²) in [6.45, 7) is 9.90. The average Bonchev–Trinajstić information content (AvgIpc) is 3.23. The largest absolute Gasteiger partial charge is 0.497 e. The highest BCUT2D eigenvalue weighted by atomic mass is 32.2. The second-order valence-electron chi connectivity index (χ2n) is 9.00. The van der Waals surface area contributed by atoms with Crippen LogP contribution in [-0.4, -0.2) is 41.9 Å². The van der Waals surface area contributed by atoms with Crippen LogP contribution in [0.3, 0.4) is 0 Å². The topological polar surface area (TPSA) is 81.5 Å². The number of hydrogen-bond donors (Lipinski definition) is 0.